The minimum absolute atomic E-state index is 0.201. The van der Waals surface area contributed by atoms with Crippen LogP contribution in [0.3, 0.4) is 0 Å². The van der Waals surface area contributed by atoms with Crippen molar-refractivity contribution in [2.45, 2.75) is 13.0 Å². The van der Waals surface area contributed by atoms with Gasteiger partial charge >= 0.3 is 5.97 Å². The first-order valence-corrected chi connectivity index (χ1v) is 7.20. The molecule has 3 rings (SSSR count). The lowest BCUT2D eigenvalue weighted by molar-refractivity contribution is -0.140. The van der Waals surface area contributed by atoms with Gasteiger partial charge in [0, 0.05) is 17.7 Å². The maximum atomic E-state index is 11.2. The molecule has 1 aliphatic rings. The first kappa shape index (κ1) is 14.8. The molecule has 0 atom stereocenters. The largest absolute Gasteiger partial charge is 0.380 e. The molecule has 22 heavy (non-hydrogen) atoms. The summed E-state index contributed by atoms with van der Waals surface area (Å²) >= 11 is 5.94. The number of benzene rings is 2. The molecule has 0 unspecified atom stereocenters. The summed E-state index contributed by atoms with van der Waals surface area (Å²) in [6.45, 7) is 0.466. The van der Waals surface area contributed by atoms with Crippen LogP contribution in [-0.4, -0.2) is 18.8 Å². The van der Waals surface area contributed by atoms with E-state index >= 15 is 0 Å². The number of hydrogen-bond acceptors (Lipinski definition) is 4. The van der Waals surface area contributed by atoms with Crippen LogP contribution < -0.4 is 0 Å². The molecule has 4 nitrogen and oxygen atoms in total. The van der Waals surface area contributed by atoms with Crippen molar-refractivity contribution in [1.29, 1.82) is 0 Å². The third-order valence-corrected chi connectivity index (χ3v) is 3.71. The van der Waals surface area contributed by atoms with Crippen LogP contribution in [0.1, 0.15) is 17.5 Å². The monoisotopic (exact) mass is 315 g/mol. The molecule has 2 aromatic carbocycles. The van der Waals surface area contributed by atoms with E-state index in [0.29, 0.717) is 17.3 Å². The van der Waals surface area contributed by atoms with Crippen molar-refractivity contribution < 1.29 is 14.4 Å². The van der Waals surface area contributed by atoms with Gasteiger partial charge in [-0.25, -0.2) is 4.79 Å². The third kappa shape index (κ3) is 3.03. The summed E-state index contributed by atoms with van der Waals surface area (Å²) in [6, 6.07) is 13.6. The smallest absolute Gasteiger partial charge is 0.341 e. The predicted molar refractivity (Wildman–Crippen MR) is 84.8 cm³/mol. The minimum Gasteiger partial charge on any atom is -0.380 e. The zero-order valence-electron chi connectivity index (χ0n) is 12.0. The molecule has 0 aliphatic carbocycles. The Morgan fingerprint density at radius 2 is 1.91 bits per heavy atom. The van der Waals surface area contributed by atoms with Gasteiger partial charge in [0.05, 0.1) is 18.7 Å². The molecule has 0 spiro atoms. The van der Waals surface area contributed by atoms with Crippen molar-refractivity contribution in [2.75, 3.05) is 7.11 Å². The Kier molecular flexibility index (Phi) is 4.22. The SMILES string of the molecule is COCc1cc(C2=NOC(=O)C2)ccc1-c1ccc(Cl)cc1. The fourth-order valence-corrected chi connectivity index (χ4v) is 2.55. The normalized spacial score (nSPS) is 13.9. The molecule has 5 heteroatoms. The highest BCUT2D eigenvalue weighted by Crippen LogP contribution is 2.28. The number of rotatable bonds is 4. The van der Waals surface area contributed by atoms with E-state index in [1.807, 2.05) is 42.5 Å². The van der Waals surface area contributed by atoms with Crippen LogP contribution in [0.15, 0.2) is 47.6 Å². The summed E-state index contributed by atoms with van der Waals surface area (Å²) in [5.41, 5.74) is 4.65. The maximum absolute atomic E-state index is 11.2. The Balaban J connectivity index is 2.00. The summed E-state index contributed by atoms with van der Waals surface area (Å²) in [5.74, 6) is -0.329. The molecule has 1 aliphatic heterocycles. The third-order valence-electron chi connectivity index (χ3n) is 3.46. The fourth-order valence-electron chi connectivity index (χ4n) is 2.42. The van der Waals surface area contributed by atoms with Crippen LogP contribution >= 0.6 is 11.6 Å². The topological polar surface area (TPSA) is 47.9 Å². The van der Waals surface area contributed by atoms with Gasteiger partial charge in [0.25, 0.3) is 0 Å². The zero-order chi connectivity index (χ0) is 15.5. The first-order chi connectivity index (χ1) is 10.7. The van der Waals surface area contributed by atoms with E-state index in [1.165, 1.54) is 0 Å². The van der Waals surface area contributed by atoms with Gasteiger partial charge in [-0.2, -0.15) is 0 Å². The van der Waals surface area contributed by atoms with Gasteiger partial charge in [-0.15, -0.1) is 0 Å². The van der Waals surface area contributed by atoms with Gasteiger partial charge in [-0.1, -0.05) is 41.0 Å². The molecule has 0 bridgehead atoms. The number of carbonyl (C=O) groups excluding carboxylic acids is 1. The average Bonchev–Trinajstić information content (AvgIpc) is 2.95. The van der Waals surface area contributed by atoms with Crippen LogP contribution in [0, 0.1) is 0 Å². The lowest BCUT2D eigenvalue weighted by atomic mass is 9.96. The number of halogens is 1. The van der Waals surface area contributed by atoms with Crippen molar-refractivity contribution in [3.63, 3.8) is 0 Å². The zero-order valence-corrected chi connectivity index (χ0v) is 12.8. The predicted octanol–water partition coefficient (Wildman–Crippen LogP) is 3.80. The van der Waals surface area contributed by atoms with Gasteiger partial charge in [-0.3, -0.25) is 0 Å². The molecule has 0 aromatic heterocycles. The van der Waals surface area contributed by atoms with Crippen molar-refractivity contribution in [3.05, 3.63) is 58.6 Å². The number of carbonyl (C=O) groups is 1. The average molecular weight is 316 g/mol. The van der Waals surface area contributed by atoms with Gasteiger partial charge in [-0.05, 0) is 34.9 Å². The fraction of sp³-hybridized carbons (Fsp3) is 0.176. The number of oxime groups is 1. The molecule has 1 heterocycles. The molecule has 0 N–H and O–H groups in total. The highest BCUT2D eigenvalue weighted by Gasteiger charge is 2.20. The van der Waals surface area contributed by atoms with Gasteiger partial charge in [0.2, 0.25) is 0 Å². The Labute approximate surface area is 133 Å². The van der Waals surface area contributed by atoms with Crippen LogP contribution in [0.2, 0.25) is 5.02 Å². The number of ether oxygens (including phenoxy) is 1. The molecule has 0 saturated heterocycles. The minimum atomic E-state index is -0.329. The van der Waals surface area contributed by atoms with Crippen LogP contribution in [0.25, 0.3) is 11.1 Å². The molecule has 0 radical (unpaired) electrons. The lowest BCUT2D eigenvalue weighted by Gasteiger charge is -2.11. The van der Waals surface area contributed by atoms with Crippen molar-refractivity contribution >= 4 is 23.3 Å². The molecule has 0 amide bonds. The second-order valence-electron chi connectivity index (χ2n) is 4.99. The first-order valence-electron chi connectivity index (χ1n) is 6.82. The van der Waals surface area contributed by atoms with Crippen molar-refractivity contribution in [2.24, 2.45) is 5.16 Å². The van der Waals surface area contributed by atoms with E-state index in [9.17, 15) is 4.79 Å². The number of nitrogens with zero attached hydrogens (tertiary/aromatic N) is 1. The lowest BCUT2D eigenvalue weighted by Crippen LogP contribution is -2.03. The number of hydrogen-bond donors (Lipinski definition) is 0. The van der Waals surface area contributed by atoms with Crippen molar-refractivity contribution in [1.82, 2.24) is 0 Å². The highest BCUT2D eigenvalue weighted by atomic mass is 35.5. The molecule has 0 saturated carbocycles. The van der Waals surface area contributed by atoms with E-state index in [0.717, 1.165) is 22.3 Å². The summed E-state index contributed by atoms with van der Waals surface area (Å²) < 4.78 is 5.29. The van der Waals surface area contributed by atoms with E-state index in [1.54, 1.807) is 7.11 Å². The number of methoxy groups -OCH3 is 1. The van der Waals surface area contributed by atoms with E-state index < -0.39 is 0 Å². The Morgan fingerprint density at radius 1 is 1.18 bits per heavy atom. The van der Waals surface area contributed by atoms with E-state index in [4.69, 9.17) is 16.3 Å². The van der Waals surface area contributed by atoms with Crippen LogP contribution in [0.5, 0.6) is 0 Å². The summed E-state index contributed by atoms with van der Waals surface area (Å²) in [7, 11) is 1.65. The molecule has 2 aromatic rings. The molecular formula is C17H14ClNO3. The summed E-state index contributed by atoms with van der Waals surface area (Å²) in [6.07, 6.45) is 0.201. The summed E-state index contributed by atoms with van der Waals surface area (Å²) in [5, 5.41) is 4.51. The second kappa shape index (κ2) is 6.30. The second-order valence-corrected chi connectivity index (χ2v) is 5.43. The Morgan fingerprint density at radius 3 is 2.55 bits per heavy atom. The van der Waals surface area contributed by atoms with Gasteiger partial charge < -0.3 is 9.57 Å². The van der Waals surface area contributed by atoms with Crippen LogP contribution in [-0.2, 0) is 21.0 Å². The summed E-state index contributed by atoms with van der Waals surface area (Å²) in [4.78, 5) is 15.8. The van der Waals surface area contributed by atoms with Crippen LogP contribution in [0.4, 0.5) is 0 Å². The maximum Gasteiger partial charge on any atom is 0.341 e. The van der Waals surface area contributed by atoms with E-state index in [2.05, 4.69) is 9.99 Å². The Hall–Kier alpha value is -2.17. The van der Waals surface area contributed by atoms with Crippen molar-refractivity contribution in [3.8, 4) is 11.1 Å². The standard InChI is InChI=1S/C17H14ClNO3/c1-21-10-13-8-12(16-9-17(20)22-19-16)4-7-15(13)11-2-5-14(18)6-3-11/h2-8H,9-10H2,1H3. The molecular weight excluding hydrogens is 302 g/mol. The van der Waals surface area contributed by atoms with Gasteiger partial charge in [0.15, 0.2) is 0 Å². The van der Waals surface area contributed by atoms with E-state index in [-0.39, 0.29) is 12.4 Å². The molecule has 0 fully saturated rings. The highest BCUT2D eigenvalue weighted by molar-refractivity contribution is 6.30. The Bertz CT molecular complexity index is 738. The quantitative estimate of drug-likeness (QED) is 0.806. The molecule has 112 valence electrons. The van der Waals surface area contributed by atoms with Gasteiger partial charge in [0.1, 0.15) is 0 Å².